The van der Waals surface area contributed by atoms with Crippen molar-refractivity contribution in [3.63, 3.8) is 0 Å². The lowest BCUT2D eigenvalue weighted by molar-refractivity contribution is -0.00553. The van der Waals surface area contributed by atoms with Crippen molar-refractivity contribution in [3.05, 3.63) is 34.9 Å². The topological polar surface area (TPSA) is 59.1 Å². The molecule has 0 aliphatic carbocycles. The van der Waals surface area contributed by atoms with Crippen LogP contribution in [-0.2, 0) is 19.7 Å². The molecule has 2 aliphatic rings. The minimum absolute atomic E-state index is 0.156. The third kappa shape index (κ3) is 3.92. The van der Waals surface area contributed by atoms with E-state index in [0.29, 0.717) is 37.8 Å². The zero-order chi connectivity index (χ0) is 17.2. The zero-order valence-corrected chi connectivity index (χ0v) is 15.3. The van der Waals surface area contributed by atoms with Gasteiger partial charge >= 0.3 is 0 Å². The maximum absolute atomic E-state index is 12.9. The van der Waals surface area contributed by atoms with Crippen molar-refractivity contribution in [1.29, 1.82) is 0 Å². The highest BCUT2D eigenvalue weighted by Crippen LogP contribution is 2.27. The standard InChI is InChI=1S/C16H23ClN2O4S/c1-22-15-6-8-18(9-7-15)24(20,21)19-10-11-23-16(12-19)13-2-4-14(17)5-3-13/h2-5,15-16H,6-12H2,1H3. The van der Waals surface area contributed by atoms with Gasteiger partial charge in [0.25, 0.3) is 10.2 Å². The predicted molar refractivity (Wildman–Crippen MR) is 92.2 cm³/mol. The average Bonchev–Trinajstić information content (AvgIpc) is 2.62. The molecule has 0 N–H and O–H groups in total. The first-order valence-corrected chi connectivity index (χ1v) is 9.93. The molecule has 0 spiro atoms. The number of hydrogen-bond donors (Lipinski definition) is 0. The summed E-state index contributed by atoms with van der Waals surface area (Å²) in [6.45, 7) is 2.11. The van der Waals surface area contributed by atoms with Crippen molar-refractivity contribution >= 4 is 21.8 Å². The Bertz CT molecular complexity index is 645. The van der Waals surface area contributed by atoms with Crippen molar-refractivity contribution < 1.29 is 17.9 Å². The fraction of sp³-hybridized carbons (Fsp3) is 0.625. The quantitative estimate of drug-likeness (QED) is 0.809. The third-order valence-electron chi connectivity index (χ3n) is 4.66. The summed E-state index contributed by atoms with van der Waals surface area (Å²) < 4.78 is 40.0. The average molecular weight is 375 g/mol. The molecule has 0 aromatic heterocycles. The number of ether oxygens (including phenoxy) is 2. The Labute approximate surface area is 148 Å². The molecule has 1 aromatic carbocycles. The summed E-state index contributed by atoms with van der Waals surface area (Å²) >= 11 is 5.91. The van der Waals surface area contributed by atoms with Gasteiger partial charge in [-0.3, -0.25) is 0 Å². The molecule has 6 nitrogen and oxygen atoms in total. The van der Waals surface area contributed by atoms with Crippen molar-refractivity contribution in [3.8, 4) is 0 Å². The van der Waals surface area contributed by atoms with Gasteiger partial charge in [-0.05, 0) is 30.5 Å². The van der Waals surface area contributed by atoms with Crippen molar-refractivity contribution in [2.75, 3.05) is 39.9 Å². The van der Waals surface area contributed by atoms with Gasteiger partial charge in [0.2, 0.25) is 0 Å². The maximum Gasteiger partial charge on any atom is 0.282 e. The van der Waals surface area contributed by atoms with Gasteiger partial charge in [0.05, 0.1) is 18.8 Å². The smallest absolute Gasteiger partial charge is 0.282 e. The highest BCUT2D eigenvalue weighted by molar-refractivity contribution is 7.86. The number of hydrogen-bond acceptors (Lipinski definition) is 4. The molecule has 24 heavy (non-hydrogen) atoms. The Morgan fingerprint density at radius 2 is 1.79 bits per heavy atom. The van der Waals surface area contributed by atoms with E-state index >= 15 is 0 Å². The molecule has 0 saturated carbocycles. The molecule has 8 heteroatoms. The van der Waals surface area contributed by atoms with Gasteiger partial charge in [-0.15, -0.1) is 0 Å². The minimum atomic E-state index is -3.46. The van der Waals surface area contributed by atoms with Gasteiger partial charge in [0.15, 0.2) is 0 Å². The highest BCUT2D eigenvalue weighted by atomic mass is 35.5. The summed E-state index contributed by atoms with van der Waals surface area (Å²) in [5, 5.41) is 0.653. The Hall–Kier alpha value is -0.700. The molecule has 0 radical (unpaired) electrons. The summed E-state index contributed by atoms with van der Waals surface area (Å²) in [6, 6.07) is 7.35. The molecular formula is C16H23ClN2O4S. The first-order valence-electron chi connectivity index (χ1n) is 8.16. The van der Waals surface area contributed by atoms with Crippen molar-refractivity contribution in [1.82, 2.24) is 8.61 Å². The van der Waals surface area contributed by atoms with E-state index in [1.54, 1.807) is 23.5 Å². The van der Waals surface area contributed by atoms with Crippen LogP contribution in [0.5, 0.6) is 0 Å². The Morgan fingerprint density at radius 1 is 1.12 bits per heavy atom. The zero-order valence-electron chi connectivity index (χ0n) is 13.7. The second kappa shape index (κ2) is 7.68. The van der Waals surface area contributed by atoms with Crippen LogP contribution in [-0.4, -0.2) is 63.0 Å². The van der Waals surface area contributed by atoms with E-state index in [9.17, 15) is 8.42 Å². The van der Waals surface area contributed by atoms with E-state index < -0.39 is 10.2 Å². The number of nitrogens with zero attached hydrogens (tertiary/aromatic N) is 2. The molecule has 2 saturated heterocycles. The van der Waals surface area contributed by atoms with Crippen LogP contribution in [0.15, 0.2) is 24.3 Å². The monoisotopic (exact) mass is 374 g/mol. The van der Waals surface area contributed by atoms with Gasteiger partial charge in [0.1, 0.15) is 0 Å². The molecule has 1 atom stereocenters. The second-order valence-electron chi connectivity index (χ2n) is 6.11. The number of morpholine rings is 1. The summed E-state index contributed by atoms with van der Waals surface area (Å²) in [4.78, 5) is 0. The fourth-order valence-electron chi connectivity index (χ4n) is 3.18. The second-order valence-corrected chi connectivity index (χ2v) is 8.48. The molecule has 2 fully saturated rings. The van der Waals surface area contributed by atoms with Gasteiger partial charge in [-0.2, -0.15) is 17.0 Å². The van der Waals surface area contributed by atoms with Crippen LogP contribution in [0.2, 0.25) is 5.02 Å². The first-order chi connectivity index (χ1) is 11.5. The van der Waals surface area contributed by atoms with Crippen LogP contribution in [0.1, 0.15) is 24.5 Å². The lowest BCUT2D eigenvalue weighted by Gasteiger charge is -2.38. The molecule has 2 heterocycles. The Balaban J connectivity index is 1.68. The van der Waals surface area contributed by atoms with Crippen LogP contribution in [0.4, 0.5) is 0 Å². The molecule has 1 aromatic rings. The van der Waals surface area contributed by atoms with Crippen LogP contribution in [0, 0.1) is 0 Å². The Kier molecular flexibility index (Phi) is 5.79. The van der Waals surface area contributed by atoms with E-state index in [0.717, 1.165) is 18.4 Å². The minimum Gasteiger partial charge on any atom is -0.381 e. The van der Waals surface area contributed by atoms with Gasteiger partial charge < -0.3 is 9.47 Å². The largest absolute Gasteiger partial charge is 0.381 e. The van der Waals surface area contributed by atoms with E-state index in [1.165, 1.54) is 4.31 Å². The molecule has 0 bridgehead atoms. The molecule has 0 amide bonds. The lowest BCUT2D eigenvalue weighted by atomic mass is 10.1. The SMILES string of the molecule is COC1CCN(S(=O)(=O)N2CCOC(c3ccc(Cl)cc3)C2)CC1. The van der Waals surface area contributed by atoms with Gasteiger partial charge in [-0.1, -0.05) is 23.7 Å². The third-order valence-corrected chi connectivity index (χ3v) is 6.91. The summed E-state index contributed by atoms with van der Waals surface area (Å²) in [5.74, 6) is 0. The van der Waals surface area contributed by atoms with Crippen molar-refractivity contribution in [2.24, 2.45) is 0 Å². The number of halogens is 1. The molecule has 1 unspecified atom stereocenters. The Morgan fingerprint density at radius 3 is 2.42 bits per heavy atom. The number of methoxy groups -OCH3 is 1. The summed E-state index contributed by atoms with van der Waals surface area (Å²) in [6.07, 6.45) is 1.37. The number of rotatable bonds is 4. The van der Waals surface area contributed by atoms with E-state index in [-0.39, 0.29) is 12.2 Å². The first kappa shape index (κ1) is 18.1. The van der Waals surface area contributed by atoms with Crippen LogP contribution in [0.25, 0.3) is 0 Å². The van der Waals surface area contributed by atoms with E-state index in [2.05, 4.69) is 0 Å². The number of piperidine rings is 1. The van der Waals surface area contributed by atoms with Gasteiger partial charge in [-0.25, -0.2) is 0 Å². The number of benzene rings is 1. The highest BCUT2D eigenvalue weighted by Gasteiger charge is 2.36. The van der Waals surface area contributed by atoms with Crippen LogP contribution in [0.3, 0.4) is 0 Å². The fourth-order valence-corrected chi connectivity index (χ4v) is 4.93. The lowest BCUT2D eigenvalue weighted by Crippen LogP contribution is -2.51. The van der Waals surface area contributed by atoms with E-state index in [4.69, 9.17) is 21.1 Å². The van der Waals surface area contributed by atoms with Gasteiger partial charge in [0, 0.05) is 38.3 Å². The normalized spacial score (nSPS) is 25.0. The molecular weight excluding hydrogens is 352 g/mol. The maximum atomic E-state index is 12.9. The molecule has 134 valence electrons. The van der Waals surface area contributed by atoms with Crippen LogP contribution >= 0.6 is 11.6 Å². The summed E-state index contributed by atoms with van der Waals surface area (Å²) in [7, 11) is -1.79. The predicted octanol–water partition coefficient (Wildman–Crippen LogP) is 2.07. The van der Waals surface area contributed by atoms with Crippen molar-refractivity contribution in [2.45, 2.75) is 25.0 Å². The van der Waals surface area contributed by atoms with E-state index in [1.807, 2.05) is 12.1 Å². The van der Waals surface area contributed by atoms with Crippen LogP contribution < -0.4 is 0 Å². The molecule has 2 aliphatic heterocycles. The summed E-state index contributed by atoms with van der Waals surface area (Å²) in [5.41, 5.74) is 0.942. The molecule has 3 rings (SSSR count).